The average molecular weight is 361 g/mol. The summed E-state index contributed by atoms with van der Waals surface area (Å²) in [6.07, 6.45) is 1.57. The van der Waals surface area contributed by atoms with Gasteiger partial charge in [0.25, 0.3) is 5.91 Å². The van der Waals surface area contributed by atoms with Crippen LogP contribution >= 0.6 is 0 Å². The Kier molecular flexibility index (Phi) is 4.42. The summed E-state index contributed by atoms with van der Waals surface area (Å²) in [6.45, 7) is 0.273. The second-order valence-corrected chi connectivity index (χ2v) is 6.32. The highest BCUT2D eigenvalue weighted by Gasteiger charge is 2.41. The molecule has 0 saturated carbocycles. The number of methoxy groups -OCH3 is 1. The molecule has 1 amide bonds. The molecule has 5 nitrogen and oxygen atoms in total. The zero-order chi connectivity index (χ0) is 18.8. The van der Waals surface area contributed by atoms with Gasteiger partial charge in [0, 0.05) is 5.57 Å². The molecule has 27 heavy (non-hydrogen) atoms. The molecule has 1 aromatic heterocycles. The number of hydrogen-bond donors (Lipinski definition) is 1. The van der Waals surface area contributed by atoms with Gasteiger partial charge in [-0.05, 0) is 35.4 Å². The van der Waals surface area contributed by atoms with Gasteiger partial charge in [-0.1, -0.05) is 42.5 Å². The van der Waals surface area contributed by atoms with E-state index in [0.29, 0.717) is 17.1 Å². The van der Waals surface area contributed by atoms with Gasteiger partial charge >= 0.3 is 0 Å². The first kappa shape index (κ1) is 17.0. The van der Waals surface area contributed by atoms with Crippen LogP contribution in [0.1, 0.15) is 22.9 Å². The fourth-order valence-corrected chi connectivity index (χ4v) is 3.43. The lowest BCUT2D eigenvalue weighted by atomic mass is 9.93. The lowest BCUT2D eigenvalue weighted by molar-refractivity contribution is -0.130. The van der Waals surface area contributed by atoms with Gasteiger partial charge in [0.05, 0.1) is 26.0 Å². The molecule has 0 bridgehead atoms. The summed E-state index contributed by atoms with van der Waals surface area (Å²) in [5.74, 6) is 0.728. The number of furan rings is 1. The van der Waals surface area contributed by atoms with Gasteiger partial charge in [0.1, 0.15) is 11.5 Å². The predicted octanol–water partition coefficient (Wildman–Crippen LogP) is 4.34. The average Bonchev–Trinajstić information content (AvgIpc) is 3.31. The first-order chi connectivity index (χ1) is 13.2. The van der Waals surface area contributed by atoms with E-state index in [2.05, 4.69) is 0 Å². The smallest absolute Gasteiger partial charge is 0.290 e. The van der Waals surface area contributed by atoms with Gasteiger partial charge in [-0.3, -0.25) is 4.79 Å². The van der Waals surface area contributed by atoms with Crippen LogP contribution in [0.4, 0.5) is 0 Å². The third kappa shape index (κ3) is 3.08. The Bertz CT molecular complexity index is 959. The van der Waals surface area contributed by atoms with Crippen LogP contribution in [0.25, 0.3) is 5.57 Å². The Hall–Kier alpha value is -3.47. The van der Waals surface area contributed by atoms with Crippen LogP contribution < -0.4 is 4.74 Å². The van der Waals surface area contributed by atoms with Crippen molar-refractivity contribution >= 4 is 11.5 Å². The molecule has 5 heteroatoms. The van der Waals surface area contributed by atoms with Gasteiger partial charge < -0.3 is 19.2 Å². The van der Waals surface area contributed by atoms with E-state index in [-0.39, 0.29) is 12.3 Å². The summed E-state index contributed by atoms with van der Waals surface area (Å²) in [7, 11) is 1.60. The molecule has 0 aliphatic carbocycles. The highest BCUT2D eigenvalue weighted by Crippen LogP contribution is 2.43. The maximum absolute atomic E-state index is 12.9. The maximum Gasteiger partial charge on any atom is 0.290 e. The van der Waals surface area contributed by atoms with Crippen molar-refractivity contribution in [3.63, 3.8) is 0 Å². The quantitative estimate of drug-likeness (QED) is 0.734. The number of carbonyl (C=O) groups is 1. The first-order valence-corrected chi connectivity index (χ1v) is 8.65. The summed E-state index contributed by atoms with van der Waals surface area (Å²) in [5.41, 5.74) is 2.28. The van der Waals surface area contributed by atoms with E-state index in [4.69, 9.17) is 9.15 Å². The van der Waals surface area contributed by atoms with Crippen LogP contribution in [-0.4, -0.2) is 23.0 Å². The van der Waals surface area contributed by atoms with Crippen LogP contribution in [0, 0.1) is 0 Å². The molecule has 1 N–H and O–H groups in total. The summed E-state index contributed by atoms with van der Waals surface area (Å²) in [4.78, 5) is 14.5. The van der Waals surface area contributed by atoms with E-state index in [0.717, 1.165) is 11.1 Å². The maximum atomic E-state index is 12.9. The number of nitrogens with zero attached hydrogens (tertiary/aromatic N) is 1. The number of amides is 1. The molecule has 0 radical (unpaired) electrons. The van der Waals surface area contributed by atoms with Crippen LogP contribution in [0.3, 0.4) is 0 Å². The molecule has 2 aromatic carbocycles. The number of benzene rings is 2. The molecule has 0 unspecified atom stereocenters. The fourth-order valence-electron chi connectivity index (χ4n) is 3.43. The molecular formula is C22H19NO4. The topological polar surface area (TPSA) is 62.9 Å². The second kappa shape index (κ2) is 7.03. The highest BCUT2D eigenvalue weighted by molar-refractivity contribution is 6.05. The Morgan fingerprint density at radius 1 is 1.04 bits per heavy atom. The molecule has 136 valence electrons. The van der Waals surface area contributed by atoms with E-state index >= 15 is 0 Å². The minimum Gasteiger partial charge on any atom is -0.503 e. The zero-order valence-corrected chi connectivity index (χ0v) is 14.8. The Morgan fingerprint density at radius 2 is 1.78 bits per heavy atom. The van der Waals surface area contributed by atoms with Crippen LogP contribution in [-0.2, 0) is 11.3 Å². The minimum atomic E-state index is -0.411. The third-order valence-electron chi connectivity index (χ3n) is 4.73. The number of rotatable bonds is 5. The van der Waals surface area contributed by atoms with Crippen molar-refractivity contribution in [2.75, 3.05) is 7.11 Å². The molecule has 0 fully saturated rings. The van der Waals surface area contributed by atoms with Gasteiger partial charge in [-0.15, -0.1) is 0 Å². The monoisotopic (exact) mass is 361 g/mol. The summed E-state index contributed by atoms with van der Waals surface area (Å²) < 4.78 is 10.6. The molecule has 3 aromatic rings. The minimum absolute atomic E-state index is 0.236. The zero-order valence-electron chi connectivity index (χ0n) is 14.8. The SMILES string of the molecule is COc1ccc(C2=C(O)C(=O)N(Cc3ccco3)[C@@H]2c2ccccc2)cc1. The fraction of sp³-hybridized carbons (Fsp3) is 0.136. The van der Waals surface area contributed by atoms with Crippen molar-refractivity contribution in [3.05, 3.63) is 95.6 Å². The molecule has 0 saturated heterocycles. The van der Waals surface area contributed by atoms with Crippen LogP contribution in [0.2, 0.25) is 0 Å². The van der Waals surface area contributed by atoms with Gasteiger partial charge in [0.15, 0.2) is 5.76 Å². The van der Waals surface area contributed by atoms with Gasteiger partial charge in [-0.2, -0.15) is 0 Å². The molecule has 1 aliphatic heterocycles. The number of aliphatic hydroxyl groups is 1. The first-order valence-electron chi connectivity index (χ1n) is 8.65. The van der Waals surface area contributed by atoms with Crippen molar-refractivity contribution < 1.29 is 19.1 Å². The van der Waals surface area contributed by atoms with Crippen molar-refractivity contribution in [1.82, 2.24) is 4.90 Å². The highest BCUT2D eigenvalue weighted by atomic mass is 16.5. The number of aliphatic hydroxyl groups excluding tert-OH is 1. The Labute approximate surface area is 157 Å². The second-order valence-electron chi connectivity index (χ2n) is 6.32. The largest absolute Gasteiger partial charge is 0.503 e. The van der Waals surface area contributed by atoms with Gasteiger partial charge in [0.2, 0.25) is 0 Å². The summed E-state index contributed by atoms with van der Waals surface area (Å²) in [5, 5.41) is 10.7. The molecule has 1 atom stereocenters. The number of carbonyl (C=O) groups excluding carboxylic acids is 1. The van der Waals surface area contributed by atoms with E-state index in [1.807, 2.05) is 60.7 Å². The van der Waals surface area contributed by atoms with Crippen molar-refractivity contribution in [3.8, 4) is 5.75 Å². The van der Waals surface area contributed by atoms with Crippen molar-refractivity contribution in [1.29, 1.82) is 0 Å². The lowest BCUT2D eigenvalue weighted by Gasteiger charge is -2.26. The van der Waals surface area contributed by atoms with E-state index in [1.165, 1.54) is 0 Å². The Morgan fingerprint density at radius 3 is 2.41 bits per heavy atom. The molecule has 0 spiro atoms. The van der Waals surface area contributed by atoms with E-state index in [9.17, 15) is 9.90 Å². The van der Waals surface area contributed by atoms with Crippen molar-refractivity contribution in [2.45, 2.75) is 12.6 Å². The molecule has 4 rings (SSSR count). The number of ether oxygens (including phenoxy) is 1. The molecular weight excluding hydrogens is 342 g/mol. The van der Waals surface area contributed by atoms with Crippen LogP contribution in [0.5, 0.6) is 5.75 Å². The molecule has 2 heterocycles. The summed E-state index contributed by atoms with van der Waals surface area (Å²) in [6, 6.07) is 20.2. The molecule has 1 aliphatic rings. The van der Waals surface area contributed by atoms with E-state index in [1.54, 1.807) is 24.3 Å². The van der Waals surface area contributed by atoms with Crippen molar-refractivity contribution in [2.24, 2.45) is 0 Å². The normalized spacial score (nSPS) is 16.9. The predicted molar refractivity (Wildman–Crippen MR) is 101 cm³/mol. The summed E-state index contributed by atoms with van der Waals surface area (Å²) >= 11 is 0. The van der Waals surface area contributed by atoms with E-state index < -0.39 is 11.9 Å². The van der Waals surface area contributed by atoms with Gasteiger partial charge in [-0.25, -0.2) is 0 Å². The van der Waals surface area contributed by atoms with Crippen LogP contribution in [0.15, 0.2) is 83.2 Å². The number of hydrogen-bond acceptors (Lipinski definition) is 4. The standard InChI is InChI=1S/C22H19NO4/c1-26-17-11-9-15(10-12-17)19-20(16-6-3-2-4-7-16)23(22(25)21(19)24)14-18-8-5-13-27-18/h2-13,20,24H,14H2,1H3/t20-/m1/s1. The Balaban J connectivity index is 1.80. The lowest BCUT2D eigenvalue weighted by Crippen LogP contribution is -2.29. The third-order valence-corrected chi connectivity index (χ3v) is 4.73.